The SMILES string of the molecule is CC(C)(c1ccccc1)c1ccccc1OC=O. The molecule has 0 saturated heterocycles. The topological polar surface area (TPSA) is 26.3 Å². The fourth-order valence-corrected chi connectivity index (χ4v) is 2.15. The Labute approximate surface area is 107 Å². The second-order valence-corrected chi connectivity index (χ2v) is 4.70. The molecule has 2 aromatic rings. The number of carbonyl (C=O) groups is 1. The zero-order chi connectivity index (χ0) is 13.0. The predicted octanol–water partition coefficient (Wildman–Crippen LogP) is 3.55. The van der Waals surface area contributed by atoms with Crippen molar-refractivity contribution in [3.63, 3.8) is 0 Å². The van der Waals surface area contributed by atoms with Crippen LogP contribution in [0, 0.1) is 0 Å². The maximum Gasteiger partial charge on any atom is 0.298 e. The van der Waals surface area contributed by atoms with Gasteiger partial charge in [0.1, 0.15) is 5.75 Å². The van der Waals surface area contributed by atoms with E-state index < -0.39 is 0 Å². The summed E-state index contributed by atoms with van der Waals surface area (Å²) in [5, 5.41) is 0. The fraction of sp³-hybridized carbons (Fsp3) is 0.188. The fourth-order valence-electron chi connectivity index (χ4n) is 2.15. The molecule has 0 spiro atoms. The third-order valence-corrected chi connectivity index (χ3v) is 3.23. The van der Waals surface area contributed by atoms with Gasteiger partial charge < -0.3 is 4.74 Å². The Hall–Kier alpha value is -2.09. The minimum Gasteiger partial charge on any atom is -0.428 e. The Balaban J connectivity index is 2.50. The number of para-hydroxylation sites is 1. The third kappa shape index (κ3) is 2.28. The highest BCUT2D eigenvalue weighted by Crippen LogP contribution is 2.36. The molecule has 0 fully saturated rings. The first-order valence-electron chi connectivity index (χ1n) is 5.91. The Morgan fingerprint density at radius 3 is 2.22 bits per heavy atom. The smallest absolute Gasteiger partial charge is 0.298 e. The average Bonchev–Trinajstić information content (AvgIpc) is 2.41. The van der Waals surface area contributed by atoms with Gasteiger partial charge in [-0.1, -0.05) is 62.4 Å². The average molecular weight is 240 g/mol. The van der Waals surface area contributed by atoms with Crippen molar-refractivity contribution in [1.29, 1.82) is 0 Å². The molecule has 0 heterocycles. The van der Waals surface area contributed by atoms with Crippen LogP contribution in [0.25, 0.3) is 0 Å². The molecule has 0 radical (unpaired) electrons. The summed E-state index contributed by atoms with van der Waals surface area (Å²) in [7, 11) is 0. The van der Waals surface area contributed by atoms with Gasteiger partial charge >= 0.3 is 0 Å². The Bertz CT molecular complexity index is 530. The maximum absolute atomic E-state index is 10.6. The lowest BCUT2D eigenvalue weighted by Crippen LogP contribution is -2.19. The number of hydrogen-bond donors (Lipinski definition) is 0. The van der Waals surface area contributed by atoms with Gasteiger partial charge in [-0.15, -0.1) is 0 Å². The molecule has 0 atom stereocenters. The predicted molar refractivity (Wildman–Crippen MR) is 71.7 cm³/mol. The summed E-state index contributed by atoms with van der Waals surface area (Å²) in [6.07, 6.45) is 0. The summed E-state index contributed by atoms with van der Waals surface area (Å²) in [4.78, 5) is 10.6. The van der Waals surface area contributed by atoms with E-state index in [1.165, 1.54) is 5.56 Å². The van der Waals surface area contributed by atoms with Gasteiger partial charge in [0.25, 0.3) is 6.47 Å². The third-order valence-electron chi connectivity index (χ3n) is 3.23. The molecule has 2 nitrogen and oxygen atoms in total. The van der Waals surface area contributed by atoms with Gasteiger partial charge in [-0.2, -0.15) is 0 Å². The first kappa shape index (κ1) is 12.4. The Morgan fingerprint density at radius 1 is 0.944 bits per heavy atom. The second-order valence-electron chi connectivity index (χ2n) is 4.70. The van der Waals surface area contributed by atoms with Crippen LogP contribution in [0.4, 0.5) is 0 Å². The van der Waals surface area contributed by atoms with Crippen molar-refractivity contribution >= 4 is 6.47 Å². The highest BCUT2D eigenvalue weighted by Gasteiger charge is 2.26. The molecule has 92 valence electrons. The molecule has 2 heteroatoms. The molecule has 0 aromatic heterocycles. The normalized spacial score (nSPS) is 11.0. The summed E-state index contributed by atoms with van der Waals surface area (Å²) in [6, 6.07) is 17.8. The summed E-state index contributed by atoms with van der Waals surface area (Å²) in [5.74, 6) is 0.612. The lowest BCUT2D eigenvalue weighted by Gasteiger charge is -2.27. The lowest BCUT2D eigenvalue weighted by molar-refractivity contribution is -0.120. The van der Waals surface area contributed by atoms with Crippen LogP contribution in [0.15, 0.2) is 54.6 Å². The summed E-state index contributed by atoms with van der Waals surface area (Å²) < 4.78 is 5.06. The highest BCUT2D eigenvalue weighted by molar-refractivity contribution is 5.52. The van der Waals surface area contributed by atoms with Gasteiger partial charge in [-0.25, -0.2) is 0 Å². The van der Waals surface area contributed by atoms with Gasteiger partial charge in [-0.05, 0) is 11.6 Å². The van der Waals surface area contributed by atoms with Gasteiger partial charge in [0.2, 0.25) is 0 Å². The van der Waals surface area contributed by atoms with Gasteiger partial charge in [0.05, 0.1) is 0 Å². The molecule has 0 bridgehead atoms. The van der Waals surface area contributed by atoms with E-state index in [4.69, 9.17) is 4.74 Å². The second kappa shape index (κ2) is 5.05. The standard InChI is InChI=1S/C16H16O2/c1-16(2,13-8-4-3-5-9-13)14-10-6-7-11-15(14)18-12-17/h3-12H,1-2H3. The van der Waals surface area contributed by atoms with E-state index in [1.54, 1.807) is 0 Å². The molecule has 0 aliphatic rings. The monoisotopic (exact) mass is 240 g/mol. The first-order valence-corrected chi connectivity index (χ1v) is 5.91. The van der Waals surface area contributed by atoms with Crippen molar-refractivity contribution in [1.82, 2.24) is 0 Å². The van der Waals surface area contributed by atoms with E-state index in [-0.39, 0.29) is 5.41 Å². The Morgan fingerprint density at radius 2 is 1.56 bits per heavy atom. The molecule has 0 amide bonds. The van der Waals surface area contributed by atoms with E-state index in [2.05, 4.69) is 26.0 Å². The number of hydrogen-bond acceptors (Lipinski definition) is 2. The molecule has 0 N–H and O–H groups in total. The van der Waals surface area contributed by atoms with Crippen LogP contribution in [0.1, 0.15) is 25.0 Å². The lowest BCUT2D eigenvalue weighted by atomic mass is 9.78. The molecule has 0 unspecified atom stereocenters. The van der Waals surface area contributed by atoms with Crippen molar-refractivity contribution in [2.45, 2.75) is 19.3 Å². The van der Waals surface area contributed by atoms with E-state index in [1.807, 2.05) is 42.5 Å². The van der Waals surface area contributed by atoms with E-state index in [9.17, 15) is 4.79 Å². The quantitative estimate of drug-likeness (QED) is 0.764. The first-order chi connectivity index (χ1) is 8.66. The van der Waals surface area contributed by atoms with Crippen molar-refractivity contribution in [2.24, 2.45) is 0 Å². The molecule has 18 heavy (non-hydrogen) atoms. The molecule has 0 aliphatic heterocycles. The van der Waals surface area contributed by atoms with E-state index in [0.717, 1.165) is 5.56 Å². The molecule has 2 rings (SSSR count). The largest absolute Gasteiger partial charge is 0.428 e. The van der Waals surface area contributed by atoms with E-state index in [0.29, 0.717) is 12.2 Å². The van der Waals surface area contributed by atoms with Crippen molar-refractivity contribution in [3.8, 4) is 5.75 Å². The summed E-state index contributed by atoms with van der Waals surface area (Å²) >= 11 is 0. The van der Waals surface area contributed by atoms with Crippen molar-refractivity contribution in [2.75, 3.05) is 0 Å². The molecule has 0 saturated carbocycles. The van der Waals surface area contributed by atoms with Crippen molar-refractivity contribution < 1.29 is 9.53 Å². The molecule has 2 aromatic carbocycles. The zero-order valence-corrected chi connectivity index (χ0v) is 10.6. The van der Waals surface area contributed by atoms with Gasteiger partial charge in [0, 0.05) is 11.0 Å². The van der Waals surface area contributed by atoms with E-state index >= 15 is 0 Å². The number of benzene rings is 2. The summed E-state index contributed by atoms with van der Waals surface area (Å²) in [6.45, 7) is 4.71. The van der Waals surface area contributed by atoms with Crippen LogP contribution in [0.2, 0.25) is 0 Å². The van der Waals surface area contributed by atoms with Crippen molar-refractivity contribution in [3.05, 3.63) is 65.7 Å². The van der Waals surface area contributed by atoms with Crippen LogP contribution in [0.5, 0.6) is 5.75 Å². The van der Waals surface area contributed by atoms with Crippen LogP contribution in [-0.2, 0) is 10.2 Å². The summed E-state index contributed by atoms with van der Waals surface area (Å²) in [5.41, 5.74) is 1.98. The van der Waals surface area contributed by atoms with Gasteiger partial charge in [-0.3, -0.25) is 4.79 Å². The van der Waals surface area contributed by atoms with Gasteiger partial charge in [0.15, 0.2) is 0 Å². The number of ether oxygens (including phenoxy) is 1. The van der Waals surface area contributed by atoms with Crippen LogP contribution < -0.4 is 4.74 Å². The maximum atomic E-state index is 10.6. The Kier molecular flexibility index (Phi) is 3.47. The van der Waals surface area contributed by atoms with Crippen LogP contribution >= 0.6 is 0 Å². The van der Waals surface area contributed by atoms with Crippen LogP contribution in [-0.4, -0.2) is 6.47 Å². The zero-order valence-electron chi connectivity index (χ0n) is 10.6. The van der Waals surface area contributed by atoms with Crippen LogP contribution in [0.3, 0.4) is 0 Å². The highest BCUT2D eigenvalue weighted by atomic mass is 16.5. The molecular formula is C16H16O2. The number of rotatable bonds is 4. The number of carbonyl (C=O) groups excluding carboxylic acids is 1. The molecule has 0 aliphatic carbocycles. The molecular weight excluding hydrogens is 224 g/mol. The minimum absolute atomic E-state index is 0.207. The minimum atomic E-state index is -0.207.